The lowest BCUT2D eigenvalue weighted by molar-refractivity contribution is -0.730. The van der Waals surface area contributed by atoms with Crippen LogP contribution in [0, 0.1) is 5.92 Å². The van der Waals surface area contributed by atoms with Gasteiger partial charge in [-0.25, -0.2) is 4.57 Å². The molecule has 2 aromatic rings. The van der Waals surface area contributed by atoms with E-state index in [1.807, 2.05) is 0 Å². The summed E-state index contributed by atoms with van der Waals surface area (Å²) in [6.07, 6.45) is 22.6. The van der Waals surface area contributed by atoms with Crippen LogP contribution in [0.15, 0.2) is 49.1 Å². The standard InChI is InChI=1S/C25H40N2/c1-3-5-7-8-9-14-18-25(27-20-19-26-22-27)24(17-11-6-4-2)21-23-15-12-10-13-16-23/h10,12-13,15-16,19-20,22,24-25H,3-9,11,14,17-18,21H2,1-2H3/p+1. The maximum absolute atomic E-state index is 3.28. The van der Waals surface area contributed by atoms with Crippen LogP contribution in [0.1, 0.15) is 96.1 Å². The van der Waals surface area contributed by atoms with Crippen LogP contribution >= 0.6 is 0 Å². The number of aromatic nitrogens is 2. The number of unbranched alkanes of at least 4 members (excludes halogenated alkanes) is 7. The Morgan fingerprint density at radius 1 is 0.815 bits per heavy atom. The Morgan fingerprint density at radius 2 is 1.48 bits per heavy atom. The number of benzene rings is 1. The van der Waals surface area contributed by atoms with Crippen molar-refractivity contribution in [2.45, 2.75) is 96.9 Å². The molecule has 0 radical (unpaired) electrons. The van der Waals surface area contributed by atoms with E-state index < -0.39 is 0 Å². The maximum atomic E-state index is 3.28. The molecule has 2 heteroatoms. The molecule has 2 atom stereocenters. The van der Waals surface area contributed by atoms with Gasteiger partial charge in [-0.1, -0.05) is 95.5 Å². The first-order valence-electron chi connectivity index (χ1n) is 11.4. The first-order valence-corrected chi connectivity index (χ1v) is 11.4. The van der Waals surface area contributed by atoms with Gasteiger partial charge in [0.2, 0.25) is 6.33 Å². The van der Waals surface area contributed by atoms with Crippen molar-refractivity contribution in [1.29, 1.82) is 0 Å². The fraction of sp³-hybridized carbons (Fsp3) is 0.640. The van der Waals surface area contributed by atoms with E-state index in [1.165, 1.54) is 82.6 Å². The number of hydrogen-bond acceptors (Lipinski definition) is 0. The van der Waals surface area contributed by atoms with Gasteiger partial charge in [0.15, 0.2) is 0 Å². The molecular weight excluding hydrogens is 328 g/mol. The molecule has 27 heavy (non-hydrogen) atoms. The maximum Gasteiger partial charge on any atom is 0.241 e. The van der Waals surface area contributed by atoms with Gasteiger partial charge in [-0.3, -0.25) is 4.98 Å². The van der Waals surface area contributed by atoms with Gasteiger partial charge < -0.3 is 0 Å². The summed E-state index contributed by atoms with van der Waals surface area (Å²) in [5.41, 5.74) is 1.49. The molecule has 0 bridgehead atoms. The minimum Gasteiger partial charge on any atom is -0.250 e. The van der Waals surface area contributed by atoms with Crippen LogP contribution in [0.4, 0.5) is 0 Å². The molecule has 0 aliphatic carbocycles. The zero-order valence-corrected chi connectivity index (χ0v) is 17.7. The number of H-pyrrole nitrogens is 1. The average molecular weight is 370 g/mol. The lowest BCUT2D eigenvalue weighted by Gasteiger charge is -2.25. The molecule has 0 spiro atoms. The first kappa shape index (κ1) is 21.7. The summed E-state index contributed by atoms with van der Waals surface area (Å²) in [5.74, 6) is 0.718. The summed E-state index contributed by atoms with van der Waals surface area (Å²) in [7, 11) is 0. The van der Waals surface area contributed by atoms with Crippen molar-refractivity contribution in [3.05, 3.63) is 54.6 Å². The van der Waals surface area contributed by atoms with E-state index in [0.29, 0.717) is 6.04 Å². The van der Waals surface area contributed by atoms with Crippen molar-refractivity contribution in [2.75, 3.05) is 0 Å². The van der Waals surface area contributed by atoms with Crippen LogP contribution in [0.5, 0.6) is 0 Å². The van der Waals surface area contributed by atoms with Crippen LogP contribution in [-0.2, 0) is 6.42 Å². The molecule has 2 rings (SSSR count). The second-order valence-corrected chi connectivity index (χ2v) is 8.13. The molecule has 2 nitrogen and oxygen atoms in total. The number of imidazole rings is 1. The molecule has 1 aromatic carbocycles. The van der Waals surface area contributed by atoms with Crippen molar-refractivity contribution >= 4 is 0 Å². The Bertz CT molecular complexity index is 561. The van der Waals surface area contributed by atoms with E-state index in [4.69, 9.17) is 0 Å². The molecule has 1 heterocycles. The molecule has 150 valence electrons. The Morgan fingerprint density at radius 3 is 2.19 bits per heavy atom. The molecule has 0 aliphatic rings. The van der Waals surface area contributed by atoms with Crippen molar-refractivity contribution in [2.24, 2.45) is 5.92 Å². The van der Waals surface area contributed by atoms with Gasteiger partial charge in [-0.05, 0) is 31.2 Å². The summed E-state index contributed by atoms with van der Waals surface area (Å²) in [6, 6.07) is 11.7. The molecule has 0 fully saturated rings. The summed E-state index contributed by atoms with van der Waals surface area (Å²) in [5, 5.41) is 0. The molecule has 1 N–H and O–H groups in total. The quantitative estimate of drug-likeness (QED) is 0.257. The van der Waals surface area contributed by atoms with E-state index in [0.717, 1.165) is 5.92 Å². The lowest BCUT2D eigenvalue weighted by Crippen LogP contribution is -2.42. The van der Waals surface area contributed by atoms with E-state index in [1.54, 1.807) is 0 Å². The Labute approximate surface area is 167 Å². The van der Waals surface area contributed by atoms with Crippen LogP contribution < -0.4 is 4.57 Å². The minimum atomic E-state index is 0.611. The highest BCUT2D eigenvalue weighted by Crippen LogP contribution is 2.28. The van der Waals surface area contributed by atoms with E-state index in [9.17, 15) is 0 Å². The van der Waals surface area contributed by atoms with Crippen LogP contribution in [0.2, 0.25) is 0 Å². The largest absolute Gasteiger partial charge is 0.250 e. The highest BCUT2D eigenvalue weighted by molar-refractivity contribution is 5.15. The number of hydrogen-bond donors (Lipinski definition) is 1. The summed E-state index contributed by atoms with van der Waals surface area (Å²) in [4.78, 5) is 3.28. The fourth-order valence-corrected chi connectivity index (χ4v) is 4.27. The lowest BCUT2D eigenvalue weighted by atomic mass is 9.84. The normalized spacial score (nSPS) is 13.6. The van der Waals surface area contributed by atoms with Gasteiger partial charge in [0.1, 0.15) is 18.4 Å². The Balaban J connectivity index is 2.01. The van der Waals surface area contributed by atoms with Crippen LogP contribution in [0.3, 0.4) is 0 Å². The Kier molecular flexibility index (Phi) is 10.9. The molecule has 0 amide bonds. The second kappa shape index (κ2) is 13.6. The SMILES string of the molecule is CCCCCCCCC(C(CCCCC)Cc1ccccc1)[n+]1cc[nH]c1. The first-order chi connectivity index (χ1) is 13.3. The average Bonchev–Trinajstić information content (AvgIpc) is 3.22. The third-order valence-electron chi connectivity index (χ3n) is 5.87. The molecule has 0 saturated heterocycles. The van der Waals surface area contributed by atoms with Crippen molar-refractivity contribution < 1.29 is 4.57 Å². The number of aromatic amines is 1. The highest BCUT2D eigenvalue weighted by Gasteiger charge is 2.26. The minimum absolute atomic E-state index is 0.611. The van der Waals surface area contributed by atoms with Crippen LogP contribution in [-0.4, -0.2) is 4.98 Å². The molecule has 0 aliphatic heterocycles. The van der Waals surface area contributed by atoms with Gasteiger partial charge in [0, 0.05) is 5.92 Å². The zero-order valence-electron chi connectivity index (χ0n) is 17.7. The molecule has 2 unspecified atom stereocenters. The third-order valence-corrected chi connectivity index (χ3v) is 5.87. The molecular formula is C25H41N2+. The second-order valence-electron chi connectivity index (χ2n) is 8.13. The van der Waals surface area contributed by atoms with E-state index in [2.05, 4.69) is 72.5 Å². The summed E-state index contributed by atoms with van der Waals surface area (Å²) < 4.78 is 2.45. The number of rotatable bonds is 15. The van der Waals surface area contributed by atoms with Crippen molar-refractivity contribution in [1.82, 2.24) is 4.98 Å². The smallest absolute Gasteiger partial charge is 0.241 e. The predicted molar refractivity (Wildman–Crippen MR) is 116 cm³/mol. The highest BCUT2D eigenvalue weighted by atomic mass is 15.1. The van der Waals surface area contributed by atoms with Gasteiger partial charge >= 0.3 is 0 Å². The fourth-order valence-electron chi connectivity index (χ4n) is 4.27. The van der Waals surface area contributed by atoms with Gasteiger partial charge in [-0.2, -0.15) is 0 Å². The monoisotopic (exact) mass is 369 g/mol. The van der Waals surface area contributed by atoms with Gasteiger partial charge in [-0.15, -0.1) is 0 Å². The van der Waals surface area contributed by atoms with Crippen LogP contribution in [0.25, 0.3) is 0 Å². The van der Waals surface area contributed by atoms with Gasteiger partial charge in [0.05, 0.1) is 0 Å². The Hall–Kier alpha value is -1.57. The van der Waals surface area contributed by atoms with E-state index in [-0.39, 0.29) is 0 Å². The number of nitrogens with zero attached hydrogens (tertiary/aromatic N) is 1. The van der Waals surface area contributed by atoms with Crippen molar-refractivity contribution in [3.8, 4) is 0 Å². The topological polar surface area (TPSA) is 19.7 Å². The summed E-state index contributed by atoms with van der Waals surface area (Å²) >= 11 is 0. The van der Waals surface area contributed by atoms with Crippen molar-refractivity contribution in [3.63, 3.8) is 0 Å². The summed E-state index contributed by atoms with van der Waals surface area (Å²) in [6.45, 7) is 4.60. The predicted octanol–water partition coefficient (Wildman–Crippen LogP) is 7.03. The number of nitrogens with one attached hydrogen (secondary N) is 1. The zero-order chi connectivity index (χ0) is 19.2. The molecule has 1 aromatic heterocycles. The third kappa shape index (κ3) is 8.32. The molecule has 0 saturated carbocycles. The van der Waals surface area contributed by atoms with E-state index >= 15 is 0 Å². The van der Waals surface area contributed by atoms with Gasteiger partial charge in [0.25, 0.3) is 0 Å².